The Balaban J connectivity index is 1.87. The van der Waals surface area contributed by atoms with E-state index in [2.05, 4.69) is 5.32 Å². The number of hydrogen-bond donors (Lipinski definition) is 1. The molecule has 2 rings (SSSR count). The maximum absolute atomic E-state index is 11.9. The second kappa shape index (κ2) is 6.54. The molecule has 1 amide bonds. The first-order valence-corrected chi connectivity index (χ1v) is 7.03. The van der Waals surface area contributed by atoms with Crippen molar-refractivity contribution in [2.45, 2.75) is 12.5 Å². The van der Waals surface area contributed by atoms with Crippen molar-refractivity contribution in [2.75, 3.05) is 20.6 Å². The maximum Gasteiger partial charge on any atom is 0.225 e. The molecule has 0 radical (unpaired) electrons. The SMILES string of the molecule is CN(C)[C@@H](CNC(=O)Cc1cccs1)c1ccco1. The van der Waals surface area contributed by atoms with Gasteiger partial charge in [-0.25, -0.2) is 0 Å². The van der Waals surface area contributed by atoms with Crippen molar-refractivity contribution < 1.29 is 9.21 Å². The summed E-state index contributed by atoms with van der Waals surface area (Å²) in [6, 6.07) is 7.77. The van der Waals surface area contributed by atoms with E-state index in [1.165, 1.54) is 0 Å². The summed E-state index contributed by atoms with van der Waals surface area (Å²) in [5, 5.41) is 4.94. The number of carbonyl (C=O) groups is 1. The Morgan fingerprint density at radius 2 is 2.26 bits per heavy atom. The molecule has 0 bridgehead atoms. The van der Waals surface area contributed by atoms with Crippen LogP contribution in [0.1, 0.15) is 16.7 Å². The van der Waals surface area contributed by atoms with Crippen LogP contribution in [0.4, 0.5) is 0 Å². The summed E-state index contributed by atoms with van der Waals surface area (Å²) < 4.78 is 5.40. The number of thiophene rings is 1. The lowest BCUT2D eigenvalue weighted by atomic mass is 10.2. The summed E-state index contributed by atoms with van der Waals surface area (Å²) in [6.45, 7) is 0.546. The third-order valence-corrected chi connectivity index (χ3v) is 3.78. The predicted octanol–water partition coefficient (Wildman–Crippen LogP) is 2.30. The minimum absolute atomic E-state index is 0.0425. The van der Waals surface area contributed by atoms with Gasteiger partial charge in [-0.1, -0.05) is 6.07 Å². The van der Waals surface area contributed by atoms with Crippen molar-refractivity contribution in [3.8, 4) is 0 Å². The summed E-state index contributed by atoms with van der Waals surface area (Å²) in [5.41, 5.74) is 0. The van der Waals surface area contributed by atoms with Crippen LogP contribution in [0.5, 0.6) is 0 Å². The molecule has 2 aromatic heterocycles. The smallest absolute Gasteiger partial charge is 0.225 e. The monoisotopic (exact) mass is 278 g/mol. The zero-order valence-corrected chi connectivity index (χ0v) is 11.9. The van der Waals surface area contributed by atoms with Crippen LogP contribution in [0.2, 0.25) is 0 Å². The lowest BCUT2D eigenvalue weighted by molar-refractivity contribution is -0.120. The van der Waals surface area contributed by atoms with E-state index in [1.54, 1.807) is 17.6 Å². The number of nitrogens with zero attached hydrogens (tertiary/aromatic N) is 1. The molecule has 2 aromatic rings. The topological polar surface area (TPSA) is 45.5 Å². The van der Waals surface area contributed by atoms with Crippen molar-refractivity contribution in [3.05, 3.63) is 46.5 Å². The molecule has 0 spiro atoms. The van der Waals surface area contributed by atoms with E-state index in [-0.39, 0.29) is 11.9 Å². The van der Waals surface area contributed by atoms with E-state index in [1.807, 2.05) is 48.6 Å². The fourth-order valence-corrected chi connectivity index (χ4v) is 2.57. The van der Waals surface area contributed by atoms with E-state index in [0.717, 1.165) is 10.6 Å². The van der Waals surface area contributed by atoms with Crippen molar-refractivity contribution in [1.82, 2.24) is 10.2 Å². The number of carbonyl (C=O) groups excluding carboxylic acids is 1. The zero-order valence-electron chi connectivity index (χ0n) is 11.1. The number of nitrogens with one attached hydrogen (secondary N) is 1. The van der Waals surface area contributed by atoms with Crippen LogP contribution in [-0.2, 0) is 11.2 Å². The van der Waals surface area contributed by atoms with Gasteiger partial charge in [0.1, 0.15) is 5.76 Å². The Morgan fingerprint density at radius 1 is 1.42 bits per heavy atom. The number of furan rings is 1. The van der Waals surface area contributed by atoms with Gasteiger partial charge in [-0.05, 0) is 37.7 Å². The van der Waals surface area contributed by atoms with Crippen molar-refractivity contribution in [3.63, 3.8) is 0 Å². The third kappa shape index (κ3) is 3.94. The second-order valence-electron chi connectivity index (χ2n) is 4.56. The zero-order chi connectivity index (χ0) is 13.7. The molecule has 102 valence electrons. The number of amides is 1. The molecule has 0 saturated carbocycles. The van der Waals surface area contributed by atoms with Crippen molar-refractivity contribution in [2.24, 2.45) is 0 Å². The van der Waals surface area contributed by atoms with E-state index in [4.69, 9.17) is 4.42 Å². The highest BCUT2D eigenvalue weighted by Gasteiger charge is 2.17. The fourth-order valence-electron chi connectivity index (χ4n) is 1.86. The Labute approximate surface area is 117 Å². The summed E-state index contributed by atoms with van der Waals surface area (Å²) in [5.74, 6) is 0.905. The molecule has 0 aliphatic carbocycles. The number of hydrogen-bond acceptors (Lipinski definition) is 4. The highest BCUT2D eigenvalue weighted by Crippen LogP contribution is 2.17. The Bertz CT molecular complexity index is 492. The molecule has 0 aromatic carbocycles. The number of likely N-dealkylation sites (N-methyl/N-ethyl adjacent to an activating group) is 1. The predicted molar refractivity (Wildman–Crippen MR) is 76.2 cm³/mol. The van der Waals surface area contributed by atoms with Crippen LogP contribution in [-0.4, -0.2) is 31.4 Å². The van der Waals surface area contributed by atoms with Crippen LogP contribution < -0.4 is 5.32 Å². The van der Waals surface area contributed by atoms with Crippen LogP contribution in [0, 0.1) is 0 Å². The molecular formula is C14H18N2O2S. The fraction of sp³-hybridized carbons (Fsp3) is 0.357. The first-order valence-electron chi connectivity index (χ1n) is 6.15. The van der Waals surface area contributed by atoms with Gasteiger partial charge in [0, 0.05) is 11.4 Å². The minimum Gasteiger partial charge on any atom is -0.468 e. The molecule has 0 aliphatic heterocycles. The lowest BCUT2D eigenvalue weighted by Crippen LogP contribution is -2.35. The van der Waals surface area contributed by atoms with Crippen molar-refractivity contribution in [1.29, 1.82) is 0 Å². The minimum atomic E-state index is 0.0425. The molecule has 0 fully saturated rings. The van der Waals surface area contributed by atoms with Gasteiger partial charge in [0.2, 0.25) is 5.91 Å². The first-order chi connectivity index (χ1) is 9.16. The van der Waals surface area contributed by atoms with Gasteiger partial charge < -0.3 is 9.73 Å². The van der Waals surface area contributed by atoms with Gasteiger partial charge in [-0.15, -0.1) is 11.3 Å². The molecule has 2 heterocycles. The molecule has 0 saturated heterocycles. The van der Waals surface area contributed by atoms with Gasteiger partial charge in [0.15, 0.2) is 0 Å². The van der Waals surface area contributed by atoms with Gasteiger partial charge >= 0.3 is 0 Å². The van der Waals surface area contributed by atoms with Gasteiger partial charge in [0.05, 0.1) is 18.7 Å². The Hall–Kier alpha value is -1.59. The van der Waals surface area contributed by atoms with Crippen LogP contribution in [0.25, 0.3) is 0 Å². The summed E-state index contributed by atoms with van der Waals surface area (Å²) in [7, 11) is 3.94. The molecule has 5 heteroatoms. The maximum atomic E-state index is 11.9. The third-order valence-electron chi connectivity index (χ3n) is 2.90. The van der Waals surface area contributed by atoms with Crippen LogP contribution in [0.15, 0.2) is 40.3 Å². The summed E-state index contributed by atoms with van der Waals surface area (Å²) in [4.78, 5) is 15.0. The summed E-state index contributed by atoms with van der Waals surface area (Å²) in [6.07, 6.45) is 2.09. The second-order valence-corrected chi connectivity index (χ2v) is 5.59. The van der Waals surface area contributed by atoms with Crippen molar-refractivity contribution >= 4 is 17.2 Å². The van der Waals surface area contributed by atoms with E-state index < -0.39 is 0 Å². The van der Waals surface area contributed by atoms with Crippen LogP contribution in [0.3, 0.4) is 0 Å². The van der Waals surface area contributed by atoms with E-state index in [9.17, 15) is 4.79 Å². The Morgan fingerprint density at radius 3 is 2.84 bits per heavy atom. The average Bonchev–Trinajstić information content (AvgIpc) is 3.01. The van der Waals surface area contributed by atoms with E-state index >= 15 is 0 Å². The average molecular weight is 278 g/mol. The van der Waals surface area contributed by atoms with Gasteiger partial charge in [0.25, 0.3) is 0 Å². The number of rotatable bonds is 6. The Kier molecular flexibility index (Phi) is 4.76. The van der Waals surface area contributed by atoms with Crippen LogP contribution >= 0.6 is 11.3 Å². The lowest BCUT2D eigenvalue weighted by Gasteiger charge is -2.22. The molecule has 0 unspecified atom stereocenters. The molecule has 1 atom stereocenters. The first kappa shape index (κ1) is 13.8. The molecule has 19 heavy (non-hydrogen) atoms. The van der Waals surface area contributed by atoms with E-state index in [0.29, 0.717) is 13.0 Å². The molecule has 4 nitrogen and oxygen atoms in total. The quantitative estimate of drug-likeness (QED) is 0.882. The molecule has 0 aliphatic rings. The molecular weight excluding hydrogens is 260 g/mol. The summed E-state index contributed by atoms with van der Waals surface area (Å²) >= 11 is 1.60. The largest absolute Gasteiger partial charge is 0.468 e. The highest BCUT2D eigenvalue weighted by molar-refractivity contribution is 7.10. The van der Waals surface area contributed by atoms with Gasteiger partial charge in [-0.2, -0.15) is 0 Å². The highest BCUT2D eigenvalue weighted by atomic mass is 32.1. The molecule has 1 N–H and O–H groups in total. The normalized spacial score (nSPS) is 12.6. The van der Waals surface area contributed by atoms with Gasteiger partial charge in [-0.3, -0.25) is 9.69 Å². The standard InChI is InChI=1S/C14H18N2O2S/c1-16(2)12(13-6-3-7-18-13)10-15-14(17)9-11-5-4-8-19-11/h3-8,12H,9-10H2,1-2H3,(H,15,17)/t12-/m0/s1.